The van der Waals surface area contributed by atoms with E-state index in [1.807, 2.05) is 0 Å². The standard InChI is InChI=1S/C14H11F2NO3/c1-19-13(18)11-5-10(7-17-8-11)9-3-2-4-12(6-9)20-14(15)16/h2-8,14H,1H3. The van der Waals surface area contributed by atoms with E-state index in [0.717, 1.165) is 0 Å². The van der Waals surface area contributed by atoms with Gasteiger partial charge in [0.05, 0.1) is 12.7 Å². The molecule has 1 heterocycles. The number of aromatic nitrogens is 1. The fourth-order valence-electron chi connectivity index (χ4n) is 1.68. The lowest BCUT2D eigenvalue weighted by Crippen LogP contribution is -2.02. The summed E-state index contributed by atoms with van der Waals surface area (Å²) in [5.74, 6) is -0.472. The Bertz CT molecular complexity index is 617. The van der Waals surface area contributed by atoms with Crippen molar-refractivity contribution in [1.29, 1.82) is 0 Å². The van der Waals surface area contributed by atoms with Crippen molar-refractivity contribution >= 4 is 5.97 Å². The molecule has 0 aliphatic heterocycles. The van der Waals surface area contributed by atoms with E-state index in [-0.39, 0.29) is 11.3 Å². The number of carbonyl (C=O) groups excluding carboxylic acids is 1. The van der Waals surface area contributed by atoms with E-state index in [9.17, 15) is 13.6 Å². The first-order chi connectivity index (χ1) is 9.60. The van der Waals surface area contributed by atoms with Crippen LogP contribution in [-0.4, -0.2) is 24.7 Å². The molecular formula is C14H11F2NO3. The first-order valence-electron chi connectivity index (χ1n) is 5.69. The summed E-state index contributed by atoms with van der Waals surface area (Å²) in [6, 6.07) is 7.73. The maximum absolute atomic E-state index is 12.2. The highest BCUT2D eigenvalue weighted by atomic mass is 19.3. The van der Waals surface area contributed by atoms with Gasteiger partial charge in [-0.1, -0.05) is 12.1 Å². The second-order valence-electron chi connectivity index (χ2n) is 3.86. The van der Waals surface area contributed by atoms with Crippen LogP contribution in [0.4, 0.5) is 8.78 Å². The van der Waals surface area contributed by atoms with Crippen LogP contribution in [0.3, 0.4) is 0 Å². The van der Waals surface area contributed by atoms with Crippen LogP contribution in [0.25, 0.3) is 11.1 Å². The van der Waals surface area contributed by atoms with Crippen LogP contribution in [0.2, 0.25) is 0 Å². The number of pyridine rings is 1. The highest BCUT2D eigenvalue weighted by Gasteiger charge is 2.09. The number of nitrogens with zero attached hydrogens (tertiary/aromatic N) is 1. The van der Waals surface area contributed by atoms with Gasteiger partial charge in [0.2, 0.25) is 0 Å². The Labute approximate surface area is 114 Å². The second kappa shape index (κ2) is 6.10. The van der Waals surface area contributed by atoms with Crippen LogP contribution < -0.4 is 4.74 Å². The quantitative estimate of drug-likeness (QED) is 0.807. The van der Waals surface area contributed by atoms with E-state index in [1.165, 1.54) is 31.6 Å². The van der Waals surface area contributed by atoms with E-state index < -0.39 is 12.6 Å². The Morgan fingerprint density at radius 1 is 1.20 bits per heavy atom. The second-order valence-corrected chi connectivity index (χ2v) is 3.86. The van der Waals surface area contributed by atoms with Crippen molar-refractivity contribution in [1.82, 2.24) is 4.98 Å². The van der Waals surface area contributed by atoms with Gasteiger partial charge in [-0.25, -0.2) is 4.79 Å². The molecule has 104 valence electrons. The minimum absolute atomic E-state index is 0.0426. The van der Waals surface area contributed by atoms with Gasteiger partial charge in [-0.3, -0.25) is 4.98 Å². The van der Waals surface area contributed by atoms with Crippen molar-refractivity contribution in [2.45, 2.75) is 6.61 Å². The van der Waals surface area contributed by atoms with Gasteiger partial charge in [-0.05, 0) is 23.8 Å². The molecule has 0 bridgehead atoms. The summed E-state index contributed by atoms with van der Waals surface area (Å²) in [5, 5.41) is 0. The maximum Gasteiger partial charge on any atom is 0.387 e. The van der Waals surface area contributed by atoms with Crippen LogP contribution in [0, 0.1) is 0 Å². The summed E-state index contributed by atoms with van der Waals surface area (Å²) < 4.78 is 33.3. The Balaban J connectivity index is 2.34. The Hall–Kier alpha value is -2.50. The van der Waals surface area contributed by atoms with Crippen LogP contribution >= 0.6 is 0 Å². The van der Waals surface area contributed by atoms with Crippen LogP contribution in [0.1, 0.15) is 10.4 Å². The number of benzene rings is 1. The molecule has 0 aliphatic rings. The molecule has 0 spiro atoms. The predicted molar refractivity (Wildman–Crippen MR) is 67.6 cm³/mol. The van der Waals surface area contributed by atoms with Crippen molar-refractivity contribution in [3.63, 3.8) is 0 Å². The molecule has 0 aliphatic carbocycles. The largest absolute Gasteiger partial charge is 0.465 e. The molecule has 0 atom stereocenters. The van der Waals surface area contributed by atoms with Crippen LogP contribution in [0.5, 0.6) is 5.75 Å². The van der Waals surface area contributed by atoms with Crippen molar-refractivity contribution < 1.29 is 23.0 Å². The highest BCUT2D eigenvalue weighted by molar-refractivity contribution is 5.90. The lowest BCUT2D eigenvalue weighted by molar-refractivity contribution is -0.0498. The zero-order chi connectivity index (χ0) is 14.5. The molecule has 0 fully saturated rings. The number of hydrogen-bond acceptors (Lipinski definition) is 4. The molecule has 0 unspecified atom stereocenters. The molecule has 0 saturated carbocycles. The molecule has 6 heteroatoms. The van der Waals surface area contributed by atoms with Gasteiger partial charge in [0.1, 0.15) is 5.75 Å². The van der Waals surface area contributed by atoms with Gasteiger partial charge in [0.15, 0.2) is 0 Å². The normalized spacial score (nSPS) is 10.4. The molecule has 2 aromatic rings. The summed E-state index contributed by atoms with van der Waals surface area (Å²) in [6.07, 6.45) is 2.89. The highest BCUT2D eigenvalue weighted by Crippen LogP contribution is 2.25. The molecule has 0 amide bonds. The summed E-state index contributed by atoms with van der Waals surface area (Å²) in [5.41, 5.74) is 1.50. The number of carbonyl (C=O) groups is 1. The first-order valence-corrected chi connectivity index (χ1v) is 5.69. The number of halogens is 2. The van der Waals surface area contributed by atoms with Gasteiger partial charge in [0.25, 0.3) is 0 Å². The third-order valence-electron chi connectivity index (χ3n) is 2.55. The smallest absolute Gasteiger partial charge is 0.387 e. The molecular weight excluding hydrogens is 268 g/mol. The maximum atomic E-state index is 12.2. The summed E-state index contributed by atoms with van der Waals surface area (Å²) in [7, 11) is 1.27. The minimum atomic E-state index is -2.88. The van der Waals surface area contributed by atoms with Crippen molar-refractivity contribution in [3.8, 4) is 16.9 Å². The zero-order valence-corrected chi connectivity index (χ0v) is 10.5. The molecule has 0 N–H and O–H groups in total. The van der Waals surface area contributed by atoms with Crippen molar-refractivity contribution in [2.24, 2.45) is 0 Å². The van der Waals surface area contributed by atoms with Gasteiger partial charge in [-0.15, -0.1) is 0 Å². The zero-order valence-electron chi connectivity index (χ0n) is 10.5. The van der Waals surface area contributed by atoms with E-state index in [0.29, 0.717) is 11.1 Å². The third kappa shape index (κ3) is 3.28. The monoisotopic (exact) mass is 279 g/mol. The summed E-state index contributed by atoms with van der Waals surface area (Å²) in [4.78, 5) is 15.4. The first kappa shape index (κ1) is 13.9. The van der Waals surface area contributed by atoms with Gasteiger partial charge >= 0.3 is 12.6 Å². The van der Waals surface area contributed by atoms with Gasteiger partial charge < -0.3 is 9.47 Å². The fraction of sp³-hybridized carbons (Fsp3) is 0.143. The van der Waals surface area contributed by atoms with Gasteiger partial charge in [-0.2, -0.15) is 8.78 Å². The lowest BCUT2D eigenvalue weighted by Gasteiger charge is -2.07. The van der Waals surface area contributed by atoms with Crippen LogP contribution in [0.15, 0.2) is 42.7 Å². The Kier molecular flexibility index (Phi) is 4.24. The molecule has 4 nitrogen and oxygen atoms in total. The topological polar surface area (TPSA) is 48.4 Å². The van der Waals surface area contributed by atoms with E-state index in [1.54, 1.807) is 18.2 Å². The average molecular weight is 279 g/mol. The number of hydrogen-bond donors (Lipinski definition) is 0. The number of rotatable bonds is 4. The summed E-state index contributed by atoms with van der Waals surface area (Å²) >= 11 is 0. The molecule has 0 saturated heterocycles. The van der Waals surface area contributed by atoms with Gasteiger partial charge in [0, 0.05) is 18.0 Å². The Morgan fingerprint density at radius 3 is 2.70 bits per heavy atom. The number of methoxy groups -OCH3 is 1. The molecule has 20 heavy (non-hydrogen) atoms. The lowest BCUT2D eigenvalue weighted by atomic mass is 10.1. The molecule has 1 aromatic carbocycles. The molecule has 0 radical (unpaired) electrons. The van der Waals surface area contributed by atoms with E-state index in [2.05, 4.69) is 14.5 Å². The average Bonchev–Trinajstić information content (AvgIpc) is 2.46. The fourth-order valence-corrected chi connectivity index (χ4v) is 1.68. The van der Waals surface area contributed by atoms with E-state index in [4.69, 9.17) is 0 Å². The Morgan fingerprint density at radius 2 is 2.00 bits per heavy atom. The number of alkyl halides is 2. The van der Waals surface area contributed by atoms with Crippen molar-refractivity contribution in [3.05, 3.63) is 48.3 Å². The SMILES string of the molecule is COC(=O)c1cncc(-c2cccc(OC(F)F)c2)c1. The molecule has 2 rings (SSSR count). The van der Waals surface area contributed by atoms with E-state index >= 15 is 0 Å². The van der Waals surface area contributed by atoms with Crippen LogP contribution in [-0.2, 0) is 4.74 Å². The minimum Gasteiger partial charge on any atom is -0.465 e. The predicted octanol–water partition coefficient (Wildman–Crippen LogP) is 3.14. The third-order valence-corrected chi connectivity index (χ3v) is 2.55. The molecule has 1 aromatic heterocycles. The summed E-state index contributed by atoms with van der Waals surface area (Å²) in [6.45, 7) is -2.88. The number of ether oxygens (including phenoxy) is 2. The van der Waals surface area contributed by atoms with Crippen molar-refractivity contribution in [2.75, 3.05) is 7.11 Å². The number of esters is 1.